The zero-order valence-corrected chi connectivity index (χ0v) is 14.1. The van der Waals surface area contributed by atoms with Crippen LogP contribution in [0.15, 0.2) is 18.2 Å². The summed E-state index contributed by atoms with van der Waals surface area (Å²) in [6, 6.07) is 4.84. The maximum absolute atomic E-state index is 12.3. The van der Waals surface area contributed by atoms with Crippen LogP contribution in [0.4, 0.5) is 5.69 Å². The molecule has 1 aliphatic rings. The maximum atomic E-state index is 12.3. The molecule has 2 rings (SSSR count). The first-order valence-electron chi connectivity index (χ1n) is 7.16. The predicted molar refractivity (Wildman–Crippen MR) is 87.9 cm³/mol. The van der Waals surface area contributed by atoms with Crippen molar-refractivity contribution in [1.82, 2.24) is 0 Å². The molecule has 1 fully saturated rings. The Labute approximate surface area is 139 Å². The molecule has 1 aromatic carbocycles. The lowest BCUT2D eigenvalue weighted by atomic mass is 10.1. The fourth-order valence-electron chi connectivity index (χ4n) is 2.51. The highest BCUT2D eigenvalue weighted by molar-refractivity contribution is 8.13. The summed E-state index contributed by atoms with van der Waals surface area (Å²) in [4.78, 5) is 36.7. The van der Waals surface area contributed by atoms with Crippen molar-refractivity contribution >= 4 is 34.4 Å². The Hall–Kier alpha value is -2.02. The van der Waals surface area contributed by atoms with Crippen LogP contribution < -0.4 is 9.64 Å². The molecular weight excluding hydrogens is 318 g/mol. The van der Waals surface area contributed by atoms with E-state index in [9.17, 15) is 14.4 Å². The van der Waals surface area contributed by atoms with E-state index < -0.39 is 5.97 Å². The number of amides is 1. The number of rotatable bonds is 5. The Kier molecular flexibility index (Phi) is 5.65. The van der Waals surface area contributed by atoms with Gasteiger partial charge in [0.1, 0.15) is 5.75 Å². The zero-order chi connectivity index (χ0) is 17.0. The van der Waals surface area contributed by atoms with E-state index in [4.69, 9.17) is 9.47 Å². The molecule has 6 nitrogen and oxygen atoms in total. The largest absolute Gasteiger partial charge is 0.495 e. The van der Waals surface area contributed by atoms with Crippen LogP contribution in [0.2, 0.25) is 0 Å². The highest BCUT2D eigenvalue weighted by atomic mass is 32.2. The minimum atomic E-state index is -0.468. The third kappa shape index (κ3) is 4.04. The van der Waals surface area contributed by atoms with E-state index in [1.165, 1.54) is 32.9 Å². The monoisotopic (exact) mass is 337 g/mol. The lowest BCUT2D eigenvalue weighted by Gasteiger charge is -2.20. The topological polar surface area (TPSA) is 72.9 Å². The normalized spacial score (nSPS) is 17.3. The summed E-state index contributed by atoms with van der Waals surface area (Å²) in [7, 11) is 2.82. The Bertz CT molecular complexity index is 631. The number of nitrogens with zero attached hydrogens (tertiary/aromatic N) is 1. The second-order valence-electron chi connectivity index (χ2n) is 5.26. The van der Waals surface area contributed by atoms with Gasteiger partial charge in [-0.3, -0.25) is 9.59 Å². The third-order valence-electron chi connectivity index (χ3n) is 3.62. The van der Waals surface area contributed by atoms with Crippen molar-refractivity contribution in [3.05, 3.63) is 23.8 Å². The van der Waals surface area contributed by atoms with Crippen LogP contribution in [-0.4, -0.2) is 43.5 Å². The van der Waals surface area contributed by atoms with E-state index in [0.717, 1.165) is 0 Å². The number of methoxy groups -OCH3 is 2. The summed E-state index contributed by atoms with van der Waals surface area (Å²) in [5.41, 5.74) is 0.911. The fraction of sp³-hybridized carbons (Fsp3) is 0.438. The average Bonchev–Trinajstić information content (AvgIpc) is 2.92. The number of thioether (sulfide) groups is 1. The smallest absolute Gasteiger partial charge is 0.337 e. The van der Waals surface area contributed by atoms with Gasteiger partial charge in [0.15, 0.2) is 5.12 Å². The van der Waals surface area contributed by atoms with E-state index in [-0.39, 0.29) is 16.9 Å². The van der Waals surface area contributed by atoms with Crippen LogP contribution in [0.25, 0.3) is 0 Å². The van der Waals surface area contributed by atoms with Crippen LogP contribution in [0.3, 0.4) is 0 Å². The number of carbonyl (C=O) groups is 3. The van der Waals surface area contributed by atoms with Crippen molar-refractivity contribution in [2.45, 2.75) is 13.3 Å². The summed E-state index contributed by atoms with van der Waals surface area (Å²) >= 11 is 1.23. The standard InChI is InChI=1S/C16H19NO5S/c1-10(18)23-9-11-6-15(19)17(8-11)13-7-12(16(20)22-3)4-5-14(13)21-2/h4-5,7,11H,6,8-9H2,1-3H3. The number of ether oxygens (including phenoxy) is 2. The number of hydrogen-bond donors (Lipinski definition) is 0. The van der Waals surface area contributed by atoms with Crippen molar-refractivity contribution in [2.75, 3.05) is 31.4 Å². The Balaban J connectivity index is 2.24. The van der Waals surface area contributed by atoms with Crippen LogP contribution in [0.1, 0.15) is 23.7 Å². The van der Waals surface area contributed by atoms with Gasteiger partial charge >= 0.3 is 5.97 Å². The van der Waals surface area contributed by atoms with Crippen LogP contribution in [0, 0.1) is 5.92 Å². The van der Waals surface area contributed by atoms with Crippen molar-refractivity contribution in [3.63, 3.8) is 0 Å². The van der Waals surface area contributed by atoms with Crippen LogP contribution in [-0.2, 0) is 14.3 Å². The summed E-state index contributed by atoms with van der Waals surface area (Å²) in [6.45, 7) is 2.02. The molecule has 23 heavy (non-hydrogen) atoms. The average molecular weight is 337 g/mol. The molecule has 0 bridgehead atoms. The molecule has 7 heteroatoms. The van der Waals surface area contributed by atoms with Crippen molar-refractivity contribution in [2.24, 2.45) is 5.92 Å². The summed E-state index contributed by atoms with van der Waals surface area (Å²) in [6.07, 6.45) is 0.381. The maximum Gasteiger partial charge on any atom is 0.337 e. The summed E-state index contributed by atoms with van der Waals surface area (Å²) < 4.78 is 10.0. The number of anilines is 1. The molecule has 1 atom stereocenters. The van der Waals surface area contributed by atoms with E-state index in [0.29, 0.717) is 35.7 Å². The Morgan fingerprint density at radius 3 is 2.70 bits per heavy atom. The molecule has 1 aromatic rings. The van der Waals surface area contributed by atoms with Crippen molar-refractivity contribution in [1.29, 1.82) is 0 Å². The van der Waals surface area contributed by atoms with E-state index in [1.54, 1.807) is 23.1 Å². The van der Waals surface area contributed by atoms with Gasteiger partial charge in [-0.25, -0.2) is 4.79 Å². The molecule has 0 aliphatic carbocycles. The van der Waals surface area contributed by atoms with Gasteiger partial charge < -0.3 is 14.4 Å². The molecule has 1 unspecified atom stereocenters. The fourth-order valence-corrected chi connectivity index (χ4v) is 3.20. The van der Waals surface area contributed by atoms with Gasteiger partial charge in [0.05, 0.1) is 25.5 Å². The molecule has 124 valence electrons. The van der Waals surface area contributed by atoms with Gasteiger partial charge in [-0.1, -0.05) is 11.8 Å². The molecule has 0 radical (unpaired) electrons. The number of carbonyl (C=O) groups excluding carboxylic acids is 3. The van der Waals surface area contributed by atoms with Gasteiger partial charge in [-0.15, -0.1) is 0 Å². The third-order valence-corrected chi connectivity index (χ3v) is 4.66. The molecule has 0 saturated carbocycles. The molecule has 0 spiro atoms. The first-order valence-corrected chi connectivity index (χ1v) is 8.15. The van der Waals surface area contributed by atoms with Gasteiger partial charge in [-0.2, -0.15) is 0 Å². The molecule has 1 saturated heterocycles. The number of benzene rings is 1. The minimum Gasteiger partial charge on any atom is -0.495 e. The van der Waals surface area contributed by atoms with Gasteiger partial charge in [-0.05, 0) is 24.1 Å². The van der Waals surface area contributed by atoms with Crippen molar-refractivity contribution < 1.29 is 23.9 Å². The van der Waals surface area contributed by atoms with Gasteiger partial charge in [0, 0.05) is 25.6 Å². The molecule has 1 aliphatic heterocycles. The number of esters is 1. The minimum absolute atomic E-state index is 0.0422. The predicted octanol–water partition coefficient (Wildman–Crippen LogP) is 2.11. The first kappa shape index (κ1) is 17.3. The molecule has 0 aromatic heterocycles. The van der Waals surface area contributed by atoms with Gasteiger partial charge in [0.25, 0.3) is 0 Å². The quantitative estimate of drug-likeness (QED) is 0.766. The Morgan fingerprint density at radius 1 is 1.35 bits per heavy atom. The van der Waals surface area contributed by atoms with E-state index in [2.05, 4.69) is 0 Å². The van der Waals surface area contributed by atoms with Crippen molar-refractivity contribution in [3.8, 4) is 5.75 Å². The van der Waals surface area contributed by atoms with E-state index in [1.807, 2.05) is 0 Å². The van der Waals surface area contributed by atoms with Crippen LogP contribution >= 0.6 is 11.8 Å². The number of hydrogen-bond acceptors (Lipinski definition) is 6. The Morgan fingerprint density at radius 2 is 2.09 bits per heavy atom. The van der Waals surface area contributed by atoms with Crippen LogP contribution in [0.5, 0.6) is 5.75 Å². The SMILES string of the molecule is COC(=O)c1ccc(OC)c(N2CC(CSC(C)=O)CC2=O)c1. The summed E-state index contributed by atoms with van der Waals surface area (Å²) in [5, 5.41) is 0.0427. The van der Waals surface area contributed by atoms with Gasteiger partial charge in [0.2, 0.25) is 5.91 Å². The lowest BCUT2D eigenvalue weighted by molar-refractivity contribution is -0.117. The zero-order valence-electron chi connectivity index (χ0n) is 13.3. The second kappa shape index (κ2) is 7.50. The molecular formula is C16H19NO5S. The molecule has 1 heterocycles. The van der Waals surface area contributed by atoms with E-state index >= 15 is 0 Å². The summed E-state index contributed by atoms with van der Waals surface area (Å²) in [5.74, 6) is 0.716. The molecule has 1 amide bonds. The highest BCUT2D eigenvalue weighted by Gasteiger charge is 2.32. The second-order valence-corrected chi connectivity index (χ2v) is 6.45. The highest BCUT2D eigenvalue weighted by Crippen LogP contribution is 2.35. The lowest BCUT2D eigenvalue weighted by Crippen LogP contribution is -2.25. The first-order chi connectivity index (χ1) is 11.0. The molecule has 0 N–H and O–H groups in total.